The van der Waals surface area contributed by atoms with E-state index in [9.17, 15) is 13.6 Å². The molecule has 3 aromatic rings. The Morgan fingerprint density at radius 2 is 1.78 bits per heavy atom. The maximum atomic E-state index is 13.9. The lowest BCUT2D eigenvalue weighted by Crippen LogP contribution is -2.43. The van der Waals surface area contributed by atoms with Crippen LogP contribution in [0.4, 0.5) is 8.78 Å². The van der Waals surface area contributed by atoms with Crippen molar-refractivity contribution in [2.75, 3.05) is 32.8 Å². The van der Waals surface area contributed by atoms with Crippen molar-refractivity contribution in [1.29, 1.82) is 0 Å². The normalized spacial score (nSPS) is 15.4. The molecule has 1 aliphatic heterocycles. The second-order valence-electron chi connectivity index (χ2n) is 7.59. The second-order valence-corrected chi connectivity index (χ2v) is 7.59. The third-order valence-corrected chi connectivity index (χ3v) is 5.49. The lowest BCUT2D eigenvalue weighted by Gasteiger charge is -2.35. The van der Waals surface area contributed by atoms with Crippen molar-refractivity contribution in [3.8, 4) is 11.3 Å². The van der Waals surface area contributed by atoms with E-state index in [0.717, 1.165) is 30.8 Å². The van der Waals surface area contributed by atoms with E-state index in [1.165, 1.54) is 12.3 Å². The number of nitrogens with zero attached hydrogens (tertiary/aromatic N) is 2. The minimum atomic E-state index is -0.722. The van der Waals surface area contributed by atoms with Gasteiger partial charge in [-0.2, -0.15) is 0 Å². The van der Waals surface area contributed by atoms with E-state index >= 15 is 0 Å². The summed E-state index contributed by atoms with van der Waals surface area (Å²) >= 11 is 0. The van der Waals surface area contributed by atoms with Gasteiger partial charge in [0.25, 0.3) is 0 Å². The summed E-state index contributed by atoms with van der Waals surface area (Å²) in [5, 5.41) is 2.99. The fourth-order valence-corrected chi connectivity index (χ4v) is 3.82. The van der Waals surface area contributed by atoms with E-state index in [1.54, 1.807) is 0 Å². The topological polar surface area (TPSA) is 67.6 Å². The van der Waals surface area contributed by atoms with E-state index in [0.29, 0.717) is 19.8 Å². The van der Waals surface area contributed by atoms with Gasteiger partial charge >= 0.3 is 0 Å². The van der Waals surface area contributed by atoms with Crippen molar-refractivity contribution in [2.45, 2.75) is 18.9 Å². The number of aromatic nitrogens is 1. The molecule has 0 aliphatic carbocycles. The smallest absolute Gasteiger partial charge is 0.220 e. The lowest BCUT2D eigenvalue weighted by atomic mass is 10.0. The molecule has 1 fully saturated rings. The second kappa shape index (κ2) is 10.5. The van der Waals surface area contributed by atoms with Crippen LogP contribution in [0.3, 0.4) is 0 Å². The number of carbonyl (C=O) groups excluding carboxylic acids is 1. The number of hydrogen-bond acceptors (Lipinski definition) is 5. The Bertz CT molecular complexity index is 1020. The van der Waals surface area contributed by atoms with Gasteiger partial charge < -0.3 is 14.5 Å². The number of carbonyl (C=O) groups is 1. The highest BCUT2D eigenvalue weighted by atomic mass is 19.1. The summed E-state index contributed by atoms with van der Waals surface area (Å²) in [5.41, 5.74) is 0.880. The molecule has 1 aromatic heterocycles. The Labute approximate surface area is 185 Å². The fourth-order valence-electron chi connectivity index (χ4n) is 3.82. The number of ether oxygens (including phenoxy) is 1. The Kier molecular flexibility index (Phi) is 7.24. The Morgan fingerprint density at radius 1 is 1.06 bits per heavy atom. The number of benzene rings is 2. The number of nitrogens with one attached hydrogen (secondary N) is 1. The van der Waals surface area contributed by atoms with Crippen LogP contribution in [0.15, 0.2) is 59.1 Å². The van der Waals surface area contributed by atoms with Crippen LogP contribution in [0.25, 0.3) is 11.3 Å². The first-order valence-electron chi connectivity index (χ1n) is 10.6. The maximum Gasteiger partial charge on any atom is 0.220 e. The van der Waals surface area contributed by atoms with Crippen LogP contribution in [0.2, 0.25) is 0 Å². The Morgan fingerprint density at radius 3 is 2.50 bits per heavy atom. The van der Waals surface area contributed by atoms with Gasteiger partial charge in [0.15, 0.2) is 11.7 Å². The zero-order valence-electron chi connectivity index (χ0n) is 17.6. The molecule has 1 amide bonds. The molecular weight excluding hydrogens is 416 g/mol. The van der Waals surface area contributed by atoms with Crippen LogP contribution >= 0.6 is 0 Å². The minimum Gasteiger partial charge on any atom is -0.441 e. The summed E-state index contributed by atoms with van der Waals surface area (Å²) in [4.78, 5) is 18.8. The first-order chi connectivity index (χ1) is 15.6. The molecule has 168 valence electrons. The van der Waals surface area contributed by atoms with Crippen molar-refractivity contribution in [3.63, 3.8) is 0 Å². The van der Waals surface area contributed by atoms with E-state index in [4.69, 9.17) is 9.15 Å². The molecule has 1 atom stereocenters. The van der Waals surface area contributed by atoms with Gasteiger partial charge in [-0.05, 0) is 17.7 Å². The van der Waals surface area contributed by atoms with E-state index in [2.05, 4.69) is 27.3 Å². The van der Waals surface area contributed by atoms with Crippen LogP contribution in [0.5, 0.6) is 0 Å². The van der Waals surface area contributed by atoms with Gasteiger partial charge in [-0.3, -0.25) is 9.69 Å². The number of amides is 1. The largest absolute Gasteiger partial charge is 0.441 e. The molecule has 1 saturated heterocycles. The number of aryl methyl sites for hydroxylation is 1. The average molecular weight is 441 g/mol. The SMILES string of the molecule is O=C(CCc1ncc(-c2c(F)cccc2F)o1)NCC(c1ccccc1)N1CCOCC1. The van der Waals surface area contributed by atoms with Crippen molar-refractivity contribution in [1.82, 2.24) is 15.2 Å². The molecule has 32 heavy (non-hydrogen) atoms. The molecule has 0 bridgehead atoms. The van der Waals surface area contributed by atoms with Crippen LogP contribution in [0.1, 0.15) is 23.9 Å². The highest BCUT2D eigenvalue weighted by molar-refractivity contribution is 5.76. The number of morpholine rings is 1. The third kappa shape index (κ3) is 5.38. The van der Waals surface area contributed by atoms with E-state index in [1.807, 2.05) is 18.2 Å². The molecule has 1 unspecified atom stereocenters. The van der Waals surface area contributed by atoms with Crippen LogP contribution in [-0.4, -0.2) is 48.6 Å². The van der Waals surface area contributed by atoms with Gasteiger partial charge in [-0.15, -0.1) is 0 Å². The first kappa shape index (κ1) is 22.1. The fraction of sp³-hybridized carbons (Fsp3) is 0.333. The zero-order chi connectivity index (χ0) is 22.3. The van der Waals surface area contributed by atoms with Crippen LogP contribution in [-0.2, 0) is 16.0 Å². The van der Waals surface area contributed by atoms with Crippen molar-refractivity contribution in [2.24, 2.45) is 0 Å². The van der Waals surface area contributed by atoms with E-state index in [-0.39, 0.29) is 42.0 Å². The third-order valence-electron chi connectivity index (χ3n) is 5.49. The molecule has 2 heterocycles. The van der Waals surface area contributed by atoms with Crippen LogP contribution in [0, 0.1) is 11.6 Å². The summed E-state index contributed by atoms with van der Waals surface area (Å²) in [6, 6.07) is 13.7. The molecule has 4 rings (SSSR count). The summed E-state index contributed by atoms with van der Waals surface area (Å²) in [7, 11) is 0. The van der Waals surface area contributed by atoms with Crippen molar-refractivity contribution < 1.29 is 22.7 Å². The molecule has 0 spiro atoms. The molecule has 0 radical (unpaired) electrons. The Balaban J connectivity index is 1.34. The van der Waals surface area contributed by atoms with Gasteiger partial charge in [0.2, 0.25) is 5.91 Å². The number of oxazole rings is 1. The number of hydrogen-bond donors (Lipinski definition) is 1. The highest BCUT2D eigenvalue weighted by Crippen LogP contribution is 2.27. The summed E-state index contributed by atoms with van der Waals surface area (Å²) in [5.74, 6) is -1.32. The van der Waals surface area contributed by atoms with Gasteiger partial charge in [0, 0.05) is 32.5 Å². The highest BCUT2D eigenvalue weighted by Gasteiger charge is 2.23. The van der Waals surface area contributed by atoms with Crippen molar-refractivity contribution >= 4 is 5.91 Å². The van der Waals surface area contributed by atoms with E-state index < -0.39 is 11.6 Å². The molecule has 1 aliphatic rings. The quantitative estimate of drug-likeness (QED) is 0.577. The molecule has 2 aromatic carbocycles. The number of halogens is 2. The predicted octanol–water partition coefficient (Wildman–Crippen LogP) is 3.74. The Hall–Kier alpha value is -3.10. The first-order valence-corrected chi connectivity index (χ1v) is 10.6. The van der Waals surface area contributed by atoms with Gasteiger partial charge in [0.1, 0.15) is 11.6 Å². The monoisotopic (exact) mass is 441 g/mol. The standard InChI is InChI=1S/C24H25F2N3O3/c25-18-7-4-8-19(26)24(18)21-16-28-23(32-21)10-9-22(30)27-15-20(17-5-2-1-3-6-17)29-11-13-31-14-12-29/h1-8,16,20H,9-15H2,(H,27,30). The van der Waals surface area contributed by atoms with Crippen molar-refractivity contribution in [3.05, 3.63) is 77.8 Å². The minimum absolute atomic E-state index is 0.00691. The predicted molar refractivity (Wildman–Crippen MR) is 115 cm³/mol. The summed E-state index contributed by atoms with van der Waals surface area (Å²) in [6.45, 7) is 3.43. The van der Waals surface area contributed by atoms with Gasteiger partial charge in [-0.25, -0.2) is 13.8 Å². The summed E-state index contributed by atoms with van der Waals surface area (Å²) < 4.78 is 38.8. The zero-order valence-corrected chi connectivity index (χ0v) is 17.6. The maximum absolute atomic E-state index is 13.9. The molecular formula is C24H25F2N3O3. The lowest BCUT2D eigenvalue weighted by molar-refractivity contribution is -0.121. The van der Waals surface area contributed by atoms with Gasteiger partial charge in [-0.1, -0.05) is 36.4 Å². The summed E-state index contributed by atoms with van der Waals surface area (Å²) in [6.07, 6.45) is 1.67. The molecule has 8 heteroatoms. The van der Waals surface area contributed by atoms with Crippen LogP contribution < -0.4 is 5.32 Å². The molecule has 1 N–H and O–H groups in total. The van der Waals surface area contributed by atoms with Gasteiger partial charge in [0.05, 0.1) is 31.0 Å². The number of rotatable bonds is 8. The molecule has 0 saturated carbocycles. The average Bonchev–Trinajstić information content (AvgIpc) is 3.28. The molecule has 6 nitrogen and oxygen atoms in total.